The second-order valence-electron chi connectivity index (χ2n) is 28.3. The fraction of sp³-hybridized carbons (Fsp3) is 0.316. The van der Waals surface area contributed by atoms with Crippen LogP contribution in [0.4, 0.5) is 116 Å². The van der Waals surface area contributed by atoms with Crippen molar-refractivity contribution in [3.8, 4) is 0 Å². The fourth-order valence-corrected chi connectivity index (χ4v) is 12.3. The largest absolute Gasteiger partial charge is 0.329 e. The summed E-state index contributed by atoms with van der Waals surface area (Å²) in [4.78, 5) is 66.9. The zero-order valence-corrected chi connectivity index (χ0v) is 90.0. The molecular weight excluding hydrogens is 1690 g/mol. The fourth-order valence-electron chi connectivity index (χ4n) is 12.3. The number of nitrogens with zero attached hydrogens (tertiary/aromatic N) is 20. The molecule has 5 aromatic heterocycles. The molecular formula is C117H164N20. The third kappa shape index (κ3) is 39.6. The topological polar surface area (TPSA) is 161 Å². The zero-order valence-electron chi connectivity index (χ0n) is 90.0. The van der Waals surface area contributed by atoms with Crippen molar-refractivity contribution in [2.45, 2.75) is 187 Å². The molecule has 15 aromatic rings. The van der Waals surface area contributed by atoms with Crippen molar-refractivity contribution < 1.29 is 0 Å². The second kappa shape index (κ2) is 69.4. The normalized spacial score (nSPS) is 9.35. The van der Waals surface area contributed by atoms with E-state index in [0.717, 1.165) is 114 Å². The molecule has 137 heavy (non-hydrogen) atoms. The van der Waals surface area contributed by atoms with Crippen LogP contribution in [-0.2, 0) is 0 Å². The van der Waals surface area contributed by atoms with Gasteiger partial charge in [0.1, 0.15) is 29.1 Å². The summed E-state index contributed by atoms with van der Waals surface area (Å²) in [6, 6.07) is 108. The molecule has 0 atom stereocenters. The van der Waals surface area contributed by atoms with E-state index in [1.54, 1.807) is 0 Å². The molecule has 0 saturated heterocycles. The van der Waals surface area contributed by atoms with E-state index < -0.39 is 0 Å². The summed E-state index contributed by atoms with van der Waals surface area (Å²) >= 11 is 0. The summed E-state index contributed by atoms with van der Waals surface area (Å²) in [6.45, 7) is 54.1. The highest BCUT2D eigenvalue weighted by atomic mass is 15.3. The minimum absolute atomic E-state index is 0.689. The summed E-state index contributed by atoms with van der Waals surface area (Å²) in [7, 11) is 20.0. The maximum Gasteiger partial charge on any atom is 0.231 e. The number of hydrogen-bond acceptors (Lipinski definition) is 20. The van der Waals surface area contributed by atoms with Gasteiger partial charge in [-0.3, -0.25) is 0 Å². The quantitative estimate of drug-likeness (QED) is 0.0708. The van der Waals surface area contributed by atoms with Gasteiger partial charge in [0.15, 0.2) is 0 Å². The molecule has 0 unspecified atom stereocenters. The average Bonchev–Trinajstić information content (AvgIpc) is 0.830. The van der Waals surface area contributed by atoms with Crippen molar-refractivity contribution in [2.75, 3.05) is 119 Å². The summed E-state index contributed by atoms with van der Waals surface area (Å²) in [6.07, 6.45) is 0. The van der Waals surface area contributed by atoms with E-state index in [1.165, 1.54) is 11.1 Å². The third-order valence-electron chi connectivity index (χ3n) is 19.4. The summed E-state index contributed by atoms with van der Waals surface area (Å²) in [5, 5.41) is 0. The predicted molar refractivity (Wildman–Crippen MR) is 602 cm³/mol. The Morgan fingerprint density at radius 2 is 0.241 bits per heavy atom. The molecule has 0 fully saturated rings. The molecule has 0 aliphatic rings. The highest BCUT2D eigenvalue weighted by Gasteiger charge is 2.19. The van der Waals surface area contributed by atoms with Crippen molar-refractivity contribution in [2.24, 2.45) is 0 Å². The van der Waals surface area contributed by atoms with Crippen LogP contribution in [0.15, 0.2) is 322 Å². The standard InChI is InChI=1S/2C20H22N4.3C19H20N4.10C2H6/c2*1-15-10-12-18(13-11-15)23(3)19-14-16(2)21-20(22-19)24(4)17-8-6-5-7-9-17;3*1-15-14-18(22(2)16-10-6-4-7-11-16)21-19(20-15)23(3)17-12-8-5-9-13-17;10*1-2/h2*5-14H,1-4H3;3*4-14H,1-3H3;10*1-2H3. The maximum absolute atomic E-state index is 4.75. The SMILES string of the molecule is CC.CC.CC.CC.CC.CC.CC.CC.CC.CC.Cc1cc(N(C)c2ccccc2)nc(N(C)c2ccccc2)n1.Cc1cc(N(C)c2ccccc2)nc(N(C)c2ccccc2)n1.Cc1cc(N(C)c2ccccc2)nc(N(C)c2ccccc2)n1.Cc1ccc(N(C)c2cc(C)nc(N(C)c3ccccc3)n2)cc1.Cc1ccc(N(C)c2cc(C)nc(N(C)c3ccccc3)n2)cc1. The molecule has 10 aromatic carbocycles. The van der Waals surface area contributed by atoms with Crippen molar-refractivity contribution >= 4 is 116 Å². The Labute approximate surface area is 828 Å². The van der Waals surface area contributed by atoms with Gasteiger partial charge in [0, 0.05) is 186 Å². The summed E-state index contributed by atoms with van der Waals surface area (Å²) in [5.41, 5.74) is 18.0. The number of benzene rings is 10. The smallest absolute Gasteiger partial charge is 0.231 e. The van der Waals surface area contributed by atoms with Crippen LogP contribution in [0, 0.1) is 48.5 Å². The third-order valence-corrected chi connectivity index (χ3v) is 19.4. The number of aromatic nitrogens is 10. The minimum atomic E-state index is 0.689. The first-order valence-corrected chi connectivity index (χ1v) is 48.7. The molecule has 0 saturated carbocycles. The zero-order chi connectivity index (χ0) is 103. The Morgan fingerprint density at radius 3 is 0.365 bits per heavy atom. The van der Waals surface area contributed by atoms with E-state index in [-0.39, 0.29) is 0 Å². The minimum Gasteiger partial charge on any atom is -0.329 e. The lowest BCUT2D eigenvalue weighted by Crippen LogP contribution is -2.17. The van der Waals surface area contributed by atoms with Gasteiger partial charge in [-0.1, -0.05) is 319 Å². The van der Waals surface area contributed by atoms with E-state index in [2.05, 4.69) is 172 Å². The Hall–Kier alpha value is -14.4. The van der Waals surface area contributed by atoms with Gasteiger partial charge in [-0.15, -0.1) is 0 Å². The van der Waals surface area contributed by atoms with Crippen molar-refractivity contribution in [3.05, 3.63) is 361 Å². The molecule has 0 N–H and O–H groups in total. The molecule has 0 bridgehead atoms. The van der Waals surface area contributed by atoms with Crippen LogP contribution in [0.3, 0.4) is 0 Å². The molecule has 732 valence electrons. The van der Waals surface area contributed by atoms with Gasteiger partial charge in [0.25, 0.3) is 0 Å². The lowest BCUT2D eigenvalue weighted by molar-refractivity contribution is 0.990. The lowest BCUT2D eigenvalue weighted by Gasteiger charge is -2.22. The highest BCUT2D eigenvalue weighted by Crippen LogP contribution is 2.34. The molecule has 20 nitrogen and oxygen atoms in total. The number of rotatable bonds is 20. The van der Waals surface area contributed by atoms with Crippen LogP contribution in [0.1, 0.15) is 178 Å². The summed E-state index contributed by atoms with van der Waals surface area (Å²) in [5.74, 6) is 7.83. The van der Waals surface area contributed by atoms with Crippen LogP contribution < -0.4 is 49.0 Å². The van der Waals surface area contributed by atoms with Gasteiger partial charge in [-0.25, -0.2) is 24.9 Å². The van der Waals surface area contributed by atoms with Gasteiger partial charge >= 0.3 is 0 Å². The average molecular weight is 1850 g/mol. The van der Waals surface area contributed by atoms with Gasteiger partial charge in [-0.05, 0) is 170 Å². The number of para-hydroxylation sites is 8. The van der Waals surface area contributed by atoms with Gasteiger partial charge in [-0.2, -0.15) is 24.9 Å². The van der Waals surface area contributed by atoms with Crippen LogP contribution in [0.25, 0.3) is 0 Å². The van der Waals surface area contributed by atoms with Crippen molar-refractivity contribution in [3.63, 3.8) is 0 Å². The molecule has 0 radical (unpaired) electrons. The Morgan fingerprint density at radius 1 is 0.131 bits per heavy atom. The first kappa shape index (κ1) is 121. The van der Waals surface area contributed by atoms with Crippen LogP contribution >= 0.6 is 0 Å². The van der Waals surface area contributed by atoms with Crippen LogP contribution in [0.2, 0.25) is 0 Å². The van der Waals surface area contributed by atoms with Gasteiger partial charge in [0.2, 0.25) is 29.7 Å². The molecule has 0 spiro atoms. The monoisotopic (exact) mass is 1850 g/mol. The first-order chi connectivity index (χ1) is 66.5. The van der Waals surface area contributed by atoms with E-state index in [1.807, 2.05) is 480 Å². The molecule has 20 heteroatoms. The van der Waals surface area contributed by atoms with Gasteiger partial charge < -0.3 is 49.0 Å². The van der Waals surface area contributed by atoms with Crippen molar-refractivity contribution in [1.29, 1.82) is 0 Å². The number of aryl methyl sites for hydroxylation is 7. The van der Waals surface area contributed by atoms with Crippen LogP contribution in [0.5, 0.6) is 0 Å². The molecule has 0 aliphatic heterocycles. The first-order valence-electron chi connectivity index (χ1n) is 48.7. The number of anilines is 20. The van der Waals surface area contributed by atoms with Gasteiger partial charge in [0.05, 0.1) is 0 Å². The lowest BCUT2D eigenvalue weighted by atomic mass is 10.2. The molecule has 15 rings (SSSR count). The number of hydrogen-bond donors (Lipinski definition) is 0. The molecule has 5 heterocycles. The van der Waals surface area contributed by atoms with E-state index in [4.69, 9.17) is 24.9 Å². The maximum atomic E-state index is 4.75. The van der Waals surface area contributed by atoms with E-state index in [0.29, 0.717) is 29.7 Å². The van der Waals surface area contributed by atoms with Crippen LogP contribution in [-0.4, -0.2) is 120 Å². The van der Waals surface area contributed by atoms with Crippen molar-refractivity contribution in [1.82, 2.24) is 49.8 Å². The Bertz CT molecular complexity index is 4900. The molecule has 0 amide bonds. The second-order valence-corrected chi connectivity index (χ2v) is 28.3. The highest BCUT2D eigenvalue weighted by molar-refractivity contribution is 5.70. The predicted octanol–water partition coefficient (Wildman–Crippen LogP) is 32.5. The Kier molecular flexibility index (Phi) is 61.1. The Balaban J connectivity index is 0.000000817. The van der Waals surface area contributed by atoms with E-state index >= 15 is 0 Å². The molecule has 0 aliphatic carbocycles. The summed E-state index contributed by atoms with van der Waals surface area (Å²) < 4.78 is 0. The van der Waals surface area contributed by atoms with E-state index in [9.17, 15) is 0 Å².